The molecule has 8 aromatic carbocycles. The van der Waals surface area contributed by atoms with Crippen molar-refractivity contribution in [3.8, 4) is 78.8 Å². The Morgan fingerprint density at radius 2 is 0.644 bits per heavy atom. The number of aromatic nitrogens is 6. The first kappa shape index (κ1) is 79.2. The number of aryl methyl sites for hydroxylation is 11. The van der Waals surface area contributed by atoms with Crippen LogP contribution in [0.15, 0.2) is 246 Å². The first-order valence-corrected chi connectivity index (χ1v) is 33.8. The van der Waals surface area contributed by atoms with Gasteiger partial charge in [0.15, 0.2) is 0 Å². The van der Waals surface area contributed by atoms with Gasteiger partial charge >= 0.3 is 40.2 Å². The number of hydrogen-bond donors (Lipinski definition) is 2. The van der Waals surface area contributed by atoms with Gasteiger partial charge in [0, 0.05) is 72.6 Å². The fraction of sp³-hybridized carbons (Fsp3) is 0.152. The zero-order valence-corrected chi connectivity index (χ0v) is 65.9. The van der Waals surface area contributed by atoms with Crippen LogP contribution < -0.4 is 0 Å². The maximum atomic E-state index is 7.00. The standard InChI is InChI=1S/C26H22N2.C19H15NO.C19H14NO.2C13H12N.2CH4O.2Ir/c1-17-13-24(27-16-19(17)3)22-11-8-12-23(15-22)26-20(4)18(2)14-25(28-26)21-9-6-5-7-10-21;2*1-12-10-17(20-11-13(12)2)16-8-5-7-15-14-6-3-4-9-18(14)21-19(15)16;2*1-10-8-13(14-9-11(10)2)12-6-4-3-5-7-12;2*1-2;;/h5-9,11-14,16H,1-4H3;3-11H,1-2H3;3-7,9-11H,1-2H3;2*3-6,8-9H,1-2H3;2*2H,1H3;;/q-2;;3*-1;;;2*+3. The summed E-state index contributed by atoms with van der Waals surface area (Å²) in [6, 6.07) is 85.5. The van der Waals surface area contributed by atoms with E-state index in [9.17, 15) is 0 Å². The molecule has 8 aromatic heterocycles. The van der Waals surface area contributed by atoms with Gasteiger partial charge in [-0.05, 0) is 169 Å². The molecule has 0 aliphatic carbocycles. The van der Waals surface area contributed by atoms with E-state index in [1.54, 1.807) is 0 Å². The first-order chi connectivity index (χ1) is 49.5. The van der Waals surface area contributed by atoms with Crippen LogP contribution in [0.3, 0.4) is 0 Å². The van der Waals surface area contributed by atoms with Crippen molar-refractivity contribution in [2.24, 2.45) is 0 Å². The molecule has 0 saturated carbocycles. The Bertz CT molecular complexity index is 5260. The largest absolute Gasteiger partial charge is 3.00 e. The Balaban J connectivity index is 0.000000165. The molecule has 0 amide bonds. The van der Waals surface area contributed by atoms with E-state index in [4.69, 9.17) is 24.0 Å². The van der Waals surface area contributed by atoms with Gasteiger partial charge in [0.1, 0.15) is 16.7 Å². The van der Waals surface area contributed by atoms with Gasteiger partial charge in [-0.25, -0.2) is 0 Å². The van der Waals surface area contributed by atoms with Crippen LogP contribution >= 0.6 is 0 Å². The molecule has 8 heterocycles. The molecule has 0 atom stereocenters. The number of hydrogen-bond acceptors (Lipinski definition) is 10. The fourth-order valence-corrected chi connectivity index (χ4v) is 11.2. The van der Waals surface area contributed by atoms with Gasteiger partial charge in [-0.1, -0.05) is 134 Å². The van der Waals surface area contributed by atoms with Crippen LogP contribution in [-0.4, -0.2) is 54.3 Å². The van der Waals surface area contributed by atoms with Gasteiger partial charge in [0.25, 0.3) is 0 Å². The van der Waals surface area contributed by atoms with Crippen LogP contribution in [0.2, 0.25) is 0 Å². The van der Waals surface area contributed by atoms with Crippen LogP contribution in [0.5, 0.6) is 0 Å². The van der Waals surface area contributed by atoms with Gasteiger partial charge in [-0.2, -0.15) is 0 Å². The van der Waals surface area contributed by atoms with Crippen molar-refractivity contribution < 1.29 is 59.3 Å². The fourth-order valence-electron chi connectivity index (χ4n) is 11.2. The van der Waals surface area contributed by atoms with E-state index in [-0.39, 0.29) is 40.2 Å². The zero-order valence-electron chi connectivity index (χ0n) is 61.1. The summed E-state index contributed by atoms with van der Waals surface area (Å²) in [6.45, 7) is 25.1. The number of para-hydroxylation sites is 3. The molecule has 16 aromatic rings. The molecule has 12 heteroatoms. The van der Waals surface area contributed by atoms with Gasteiger partial charge in [0.2, 0.25) is 0 Å². The molecule has 0 aliphatic rings. The molecule has 10 nitrogen and oxygen atoms in total. The third-order valence-electron chi connectivity index (χ3n) is 18.0. The molecule has 0 saturated heterocycles. The van der Waals surface area contributed by atoms with Crippen molar-refractivity contribution in [3.63, 3.8) is 0 Å². The van der Waals surface area contributed by atoms with E-state index in [0.29, 0.717) is 0 Å². The van der Waals surface area contributed by atoms with E-state index in [0.717, 1.165) is 137 Å². The van der Waals surface area contributed by atoms with E-state index in [1.165, 1.54) is 66.8 Å². The Morgan fingerprint density at radius 1 is 0.288 bits per heavy atom. The van der Waals surface area contributed by atoms with E-state index < -0.39 is 0 Å². The molecular weight excluding hydrogens is 1640 g/mol. The smallest absolute Gasteiger partial charge is 0.501 e. The number of rotatable bonds is 7. The third kappa shape index (κ3) is 19.0. The average Bonchev–Trinajstić information content (AvgIpc) is 1.60. The Labute approximate surface area is 638 Å². The van der Waals surface area contributed by atoms with Crippen molar-refractivity contribution in [3.05, 3.63) is 334 Å². The van der Waals surface area contributed by atoms with Crippen LogP contribution in [0.4, 0.5) is 0 Å². The quantitative estimate of drug-likeness (QED) is 0.148. The molecular formula is C92H83Ir2N6O4+. The van der Waals surface area contributed by atoms with Crippen LogP contribution in [-0.2, 0) is 40.2 Å². The SMILES string of the molecule is CO.CO.Cc1cnc(-c2[c-]c(-c3nc(-c4[c-]cccc4)cc(C)c3C)ccc2)cc1C.Cc1cnc(-c2[c-]ccc3c2oc2ccccc23)cc1C.Cc1cnc(-c2[c-]cccc2)cc1C.Cc1cnc(-c2[c-]cccc2)cc1C.Cc1cnc(-c2cccc3c2oc2ccccc23)cc1C.[Ir+3].[Ir+3]. The van der Waals surface area contributed by atoms with Crippen molar-refractivity contribution in [1.29, 1.82) is 0 Å². The second kappa shape index (κ2) is 37.6. The summed E-state index contributed by atoms with van der Waals surface area (Å²) in [5, 5.41) is 18.5. The minimum absolute atomic E-state index is 0. The molecule has 104 heavy (non-hydrogen) atoms. The maximum Gasteiger partial charge on any atom is 3.00 e. The zero-order chi connectivity index (χ0) is 72.4. The molecule has 522 valence electrons. The van der Waals surface area contributed by atoms with Crippen molar-refractivity contribution in [2.75, 3.05) is 14.2 Å². The summed E-state index contributed by atoms with van der Waals surface area (Å²) in [4.78, 5) is 27.4. The molecule has 0 bridgehead atoms. The molecule has 0 unspecified atom stereocenters. The van der Waals surface area contributed by atoms with Crippen molar-refractivity contribution in [2.45, 2.75) is 83.1 Å². The number of nitrogens with zero attached hydrogens (tertiary/aromatic N) is 6. The topological polar surface area (TPSA) is 144 Å². The summed E-state index contributed by atoms with van der Waals surface area (Å²) >= 11 is 0. The second-order valence-corrected chi connectivity index (χ2v) is 24.8. The Kier molecular flexibility index (Phi) is 28.6. The summed E-state index contributed by atoms with van der Waals surface area (Å²) in [5.74, 6) is 0. The second-order valence-electron chi connectivity index (χ2n) is 24.8. The molecule has 0 radical (unpaired) electrons. The Hall–Kier alpha value is -10.5. The van der Waals surface area contributed by atoms with E-state index >= 15 is 0 Å². The molecule has 0 aliphatic heterocycles. The van der Waals surface area contributed by atoms with Crippen LogP contribution in [0.1, 0.15) is 66.8 Å². The van der Waals surface area contributed by atoms with E-state index in [1.807, 2.05) is 152 Å². The van der Waals surface area contributed by atoms with Gasteiger partial charge in [0.05, 0.1) is 11.3 Å². The third-order valence-corrected chi connectivity index (χ3v) is 18.0. The summed E-state index contributed by atoms with van der Waals surface area (Å²) in [7, 11) is 2.00. The van der Waals surface area contributed by atoms with Crippen molar-refractivity contribution >= 4 is 43.9 Å². The normalized spacial score (nSPS) is 10.3. The maximum absolute atomic E-state index is 7.00. The minimum atomic E-state index is 0. The molecule has 0 spiro atoms. The van der Waals surface area contributed by atoms with Crippen molar-refractivity contribution in [1.82, 2.24) is 29.9 Å². The predicted octanol–water partition coefficient (Wildman–Crippen LogP) is 22.2. The van der Waals surface area contributed by atoms with Gasteiger partial charge in [-0.3, -0.25) is 9.97 Å². The first-order valence-electron chi connectivity index (χ1n) is 33.8. The number of benzene rings is 8. The molecule has 16 rings (SSSR count). The predicted molar refractivity (Wildman–Crippen MR) is 419 cm³/mol. The number of furan rings is 2. The minimum Gasteiger partial charge on any atom is -0.501 e. The molecule has 0 fully saturated rings. The van der Waals surface area contributed by atoms with Crippen LogP contribution in [0.25, 0.3) is 123 Å². The summed E-state index contributed by atoms with van der Waals surface area (Å²) in [5.41, 5.74) is 32.0. The molecule has 2 N–H and O–H groups in total. The Morgan fingerprint density at radius 3 is 1.12 bits per heavy atom. The average molecular weight is 1720 g/mol. The number of aliphatic hydroxyl groups excluding tert-OH is 2. The van der Waals surface area contributed by atoms with Gasteiger partial charge < -0.3 is 39.0 Å². The van der Waals surface area contributed by atoms with Gasteiger partial charge in [-0.15, -0.1) is 150 Å². The van der Waals surface area contributed by atoms with E-state index in [2.05, 4.69) is 223 Å². The van der Waals surface area contributed by atoms with Crippen LogP contribution in [0, 0.1) is 113 Å². The number of fused-ring (bicyclic) bond motifs is 6. The monoisotopic (exact) mass is 1720 g/mol. The number of pyridine rings is 6. The summed E-state index contributed by atoms with van der Waals surface area (Å²) in [6.07, 6.45) is 9.56. The summed E-state index contributed by atoms with van der Waals surface area (Å²) < 4.78 is 12.1. The number of aliphatic hydroxyl groups is 2.